The first-order chi connectivity index (χ1) is 13.1. The fraction of sp³-hybridized carbons (Fsp3) is 0.0476. The molecule has 2 N–H and O–H groups in total. The molecule has 3 aromatic carbocycles. The molecule has 0 bridgehead atoms. The summed E-state index contributed by atoms with van der Waals surface area (Å²) < 4.78 is 6.43. The Morgan fingerprint density at radius 2 is 1.74 bits per heavy atom. The van der Waals surface area contributed by atoms with Gasteiger partial charge in [0.05, 0.1) is 6.21 Å². The highest BCUT2D eigenvalue weighted by molar-refractivity contribution is 14.1. The SMILES string of the molecule is O=C(COc1ccc(-c2ccccc2)cc1)N/N=C/c1cc(I)ccc1O. The summed E-state index contributed by atoms with van der Waals surface area (Å²) in [6.07, 6.45) is 1.39. The number of hydrazone groups is 1. The van der Waals surface area contributed by atoms with Crippen molar-refractivity contribution >= 4 is 34.7 Å². The van der Waals surface area contributed by atoms with Crippen molar-refractivity contribution in [1.82, 2.24) is 5.43 Å². The summed E-state index contributed by atoms with van der Waals surface area (Å²) in [5.41, 5.74) is 5.10. The Balaban J connectivity index is 1.50. The summed E-state index contributed by atoms with van der Waals surface area (Å²) in [5, 5.41) is 13.6. The molecule has 27 heavy (non-hydrogen) atoms. The monoisotopic (exact) mass is 472 g/mol. The maximum atomic E-state index is 11.8. The summed E-state index contributed by atoms with van der Waals surface area (Å²) in [6.45, 7) is -0.152. The second-order valence-corrected chi connectivity index (χ2v) is 6.92. The van der Waals surface area contributed by atoms with Gasteiger partial charge in [-0.05, 0) is 64.0 Å². The number of phenols is 1. The van der Waals surface area contributed by atoms with E-state index in [2.05, 4.69) is 33.1 Å². The Labute approximate surface area is 170 Å². The molecular weight excluding hydrogens is 455 g/mol. The van der Waals surface area contributed by atoms with E-state index in [1.165, 1.54) is 6.21 Å². The van der Waals surface area contributed by atoms with E-state index in [0.717, 1.165) is 14.7 Å². The summed E-state index contributed by atoms with van der Waals surface area (Å²) in [4.78, 5) is 11.8. The third kappa shape index (κ3) is 5.55. The highest BCUT2D eigenvalue weighted by atomic mass is 127. The van der Waals surface area contributed by atoms with Crippen LogP contribution in [0.3, 0.4) is 0 Å². The first-order valence-corrected chi connectivity index (χ1v) is 9.28. The Hall–Kier alpha value is -2.87. The van der Waals surface area contributed by atoms with Crippen molar-refractivity contribution in [2.75, 3.05) is 6.61 Å². The summed E-state index contributed by atoms with van der Waals surface area (Å²) in [7, 11) is 0. The smallest absolute Gasteiger partial charge is 0.277 e. The minimum Gasteiger partial charge on any atom is -0.507 e. The number of carbonyl (C=O) groups is 1. The fourth-order valence-corrected chi connectivity index (χ4v) is 2.87. The zero-order valence-electron chi connectivity index (χ0n) is 14.3. The molecule has 0 saturated heterocycles. The predicted octanol–water partition coefficient (Wildman–Crippen LogP) is 4.19. The third-order valence-corrected chi connectivity index (χ3v) is 4.38. The van der Waals surface area contributed by atoms with E-state index >= 15 is 0 Å². The van der Waals surface area contributed by atoms with Crippen LogP contribution in [0.15, 0.2) is 77.9 Å². The lowest BCUT2D eigenvalue weighted by molar-refractivity contribution is -0.123. The van der Waals surface area contributed by atoms with Gasteiger partial charge >= 0.3 is 0 Å². The first kappa shape index (κ1) is 18.9. The van der Waals surface area contributed by atoms with E-state index in [1.54, 1.807) is 18.2 Å². The molecule has 0 atom stereocenters. The number of benzene rings is 3. The molecule has 3 rings (SSSR count). The molecule has 136 valence electrons. The average Bonchev–Trinajstić information content (AvgIpc) is 2.70. The summed E-state index contributed by atoms with van der Waals surface area (Å²) in [6, 6.07) is 22.7. The number of amides is 1. The first-order valence-electron chi connectivity index (χ1n) is 8.20. The van der Waals surface area contributed by atoms with Crippen LogP contribution in [0, 0.1) is 3.57 Å². The molecule has 6 heteroatoms. The second-order valence-electron chi connectivity index (χ2n) is 5.68. The molecular formula is C21H17IN2O3. The number of hydrogen-bond donors (Lipinski definition) is 2. The minimum absolute atomic E-state index is 0.100. The molecule has 3 aromatic rings. The van der Waals surface area contributed by atoms with Gasteiger partial charge in [0, 0.05) is 9.13 Å². The lowest BCUT2D eigenvalue weighted by Crippen LogP contribution is -2.24. The molecule has 0 heterocycles. The quantitative estimate of drug-likeness (QED) is 0.321. The number of ether oxygens (including phenoxy) is 1. The second kappa shape index (κ2) is 9.18. The van der Waals surface area contributed by atoms with Gasteiger partial charge in [0.15, 0.2) is 6.61 Å². The van der Waals surface area contributed by atoms with E-state index in [9.17, 15) is 9.90 Å². The van der Waals surface area contributed by atoms with Crippen LogP contribution in [0.5, 0.6) is 11.5 Å². The van der Waals surface area contributed by atoms with Crippen LogP contribution in [-0.2, 0) is 4.79 Å². The van der Waals surface area contributed by atoms with E-state index < -0.39 is 0 Å². The Morgan fingerprint density at radius 3 is 2.48 bits per heavy atom. The molecule has 0 saturated carbocycles. The van der Waals surface area contributed by atoms with Crippen molar-refractivity contribution in [2.24, 2.45) is 5.10 Å². The molecule has 0 aliphatic heterocycles. The summed E-state index contributed by atoms with van der Waals surface area (Å²) >= 11 is 2.13. The highest BCUT2D eigenvalue weighted by Gasteiger charge is 2.03. The van der Waals surface area contributed by atoms with Gasteiger partial charge in [-0.1, -0.05) is 42.5 Å². The zero-order chi connectivity index (χ0) is 19.1. The number of hydrogen-bond acceptors (Lipinski definition) is 4. The fourth-order valence-electron chi connectivity index (χ4n) is 2.36. The standard InChI is InChI=1S/C21H17IN2O3/c22-18-8-11-20(25)17(12-18)13-23-24-21(26)14-27-19-9-6-16(7-10-19)15-4-2-1-3-5-15/h1-13,25H,14H2,(H,24,26)/b23-13+. The van der Waals surface area contributed by atoms with Crippen LogP contribution >= 0.6 is 22.6 Å². The van der Waals surface area contributed by atoms with Crippen molar-refractivity contribution in [3.63, 3.8) is 0 Å². The largest absolute Gasteiger partial charge is 0.507 e. The number of rotatable bonds is 6. The Kier molecular flexibility index (Phi) is 6.43. The van der Waals surface area contributed by atoms with Gasteiger partial charge in [-0.2, -0.15) is 5.10 Å². The number of aromatic hydroxyl groups is 1. The molecule has 0 spiro atoms. The Bertz CT molecular complexity index is 941. The highest BCUT2D eigenvalue weighted by Crippen LogP contribution is 2.22. The van der Waals surface area contributed by atoms with Crippen molar-refractivity contribution in [3.05, 3.63) is 81.9 Å². The molecule has 0 aromatic heterocycles. The van der Waals surface area contributed by atoms with Crippen molar-refractivity contribution in [1.29, 1.82) is 0 Å². The van der Waals surface area contributed by atoms with Crippen LogP contribution in [0.1, 0.15) is 5.56 Å². The number of phenolic OH excluding ortho intramolecular Hbond substituents is 1. The number of halogens is 1. The third-order valence-electron chi connectivity index (χ3n) is 3.71. The molecule has 0 aliphatic carbocycles. The number of nitrogens with zero attached hydrogens (tertiary/aromatic N) is 1. The van der Waals surface area contributed by atoms with Gasteiger partial charge in [0.2, 0.25) is 0 Å². The van der Waals surface area contributed by atoms with Crippen LogP contribution in [0.4, 0.5) is 0 Å². The van der Waals surface area contributed by atoms with Crippen LogP contribution in [0.2, 0.25) is 0 Å². The molecule has 5 nitrogen and oxygen atoms in total. The van der Waals surface area contributed by atoms with Gasteiger partial charge < -0.3 is 9.84 Å². The van der Waals surface area contributed by atoms with Crippen LogP contribution < -0.4 is 10.2 Å². The van der Waals surface area contributed by atoms with Gasteiger partial charge in [0.1, 0.15) is 11.5 Å². The molecule has 1 amide bonds. The molecule has 0 radical (unpaired) electrons. The average molecular weight is 472 g/mol. The number of nitrogens with one attached hydrogen (secondary N) is 1. The predicted molar refractivity (Wildman–Crippen MR) is 114 cm³/mol. The minimum atomic E-state index is -0.386. The topological polar surface area (TPSA) is 70.9 Å². The van der Waals surface area contributed by atoms with E-state index in [1.807, 2.05) is 54.6 Å². The van der Waals surface area contributed by atoms with E-state index in [-0.39, 0.29) is 18.3 Å². The maximum absolute atomic E-state index is 11.8. The molecule has 0 fully saturated rings. The Morgan fingerprint density at radius 1 is 1.04 bits per heavy atom. The molecule has 0 aliphatic rings. The molecule has 0 unspecified atom stereocenters. The zero-order valence-corrected chi connectivity index (χ0v) is 16.5. The van der Waals surface area contributed by atoms with Crippen LogP contribution in [-0.4, -0.2) is 23.8 Å². The lowest BCUT2D eigenvalue weighted by atomic mass is 10.1. The van der Waals surface area contributed by atoms with Crippen LogP contribution in [0.25, 0.3) is 11.1 Å². The summed E-state index contributed by atoms with van der Waals surface area (Å²) in [5.74, 6) is 0.316. The van der Waals surface area contributed by atoms with Crippen molar-refractivity contribution in [3.8, 4) is 22.6 Å². The number of carbonyl (C=O) groups excluding carboxylic acids is 1. The van der Waals surface area contributed by atoms with Gasteiger partial charge in [0.25, 0.3) is 5.91 Å². The lowest BCUT2D eigenvalue weighted by Gasteiger charge is -2.07. The normalized spacial score (nSPS) is 10.7. The van der Waals surface area contributed by atoms with Crippen molar-refractivity contribution < 1.29 is 14.6 Å². The van der Waals surface area contributed by atoms with Gasteiger partial charge in [-0.25, -0.2) is 5.43 Å². The van der Waals surface area contributed by atoms with Gasteiger partial charge in [-0.15, -0.1) is 0 Å². The van der Waals surface area contributed by atoms with Crippen molar-refractivity contribution in [2.45, 2.75) is 0 Å². The van der Waals surface area contributed by atoms with E-state index in [4.69, 9.17) is 4.74 Å². The van der Waals surface area contributed by atoms with E-state index in [0.29, 0.717) is 11.3 Å². The maximum Gasteiger partial charge on any atom is 0.277 e. The van der Waals surface area contributed by atoms with Gasteiger partial charge in [-0.3, -0.25) is 4.79 Å².